The highest BCUT2D eigenvalue weighted by Gasteiger charge is 2.32. The molecule has 146 valence electrons. The Morgan fingerprint density at radius 1 is 1.29 bits per heavy atom. The van der Waals surface area contributed by atoms with Gasteiger partial charge in [0.1, 0.15) is 6.04 Å². The van der Waals surface area contributed by atoms with E-state index in [0.29, 0.717) is 17.4 Å². The molecule has 1 saturated carbocycles. The van der Waals surface area contributed by atoms with Gasteiger partial charge in [0.05, 0.1) is 23.1 Å². The monoisotopic (exact) mass is 443 g/mol. The third kappa shape index (κ3) is 3.73. The predicted molar refractivity (Wildman–Crippen MR) is 107 cm³/mol. The molecule has 3 aromatic rings. The quantitative estimate of drug-likeness (QED) is 0.612. The highest BCUT2D eigenvalue weighted by atomic mass is 79.9. The summed E-state index contributed by atoms with van der Waals surface area (Å²) in [6.07, 6.45) is 3.80. The summed E-state index contributed by atoms with van der Waals surface area (Å²) in [7, 11) is 0. The number of carbonyl (C=O) groups is 1. The molecule has 0 spiro atoms. The molecule has 1 aliphatic rings. The van der Waals surface area contributed by atoms with E-state index in [2.05, 4.69) is 36.5 Å². The number of rotatable bonds is 6. The number of hydrogen-bond donors (Lipinski definition) is 1. The van der Waals surface area contributed by atoms with E-state index in [1.807, 2.05) is 45.0 Å². The van der Waals surface area contributed by atoms with E-state index in [4.69, 9.17) is 4.52 Å². The van der Waals surface area contributed by atoms with Crippen LogP contribution in [-0.2, 0) is 0 Å². The maximum Gasteiger partial charge on any atom is 0.255 e. The summed E-state index contributed by atoms with van der Waals surface area (Å²) < 4.78 is 8.18. The second kappa shape index (κ2) is 7.50. The Morgan fingerprint density at radius 2 is 2.00 bits per heavy atom. The molecular weight excluding hydrogens is 422 g/mol. The van der Waals surface area contributed by atoms with Crippen molar-refractivity contribution in [2.75, 3.05) is 0 Å². The van der Waals surface area contributed by atoms with E-state index in [0.717, 1.165) is 34.5 Å². The average molecular weight is 444 g/mol. The predicted octanol–water partition coefficient (Wildman–Crippen LogP) is 4.33. The molecule has 1 aliphatic carbocycles. The summed E-state index contributed by atoms with van der Waals surface area (Å²) in [6.45, 7) is 5.92. The van der Waals surface area contributed by atoms with Gasteiger partial charge < -0.3 is 9.84 Å². The van der Waals surface area contributed by atoms with E-state index in [1.165, 1.54) is 0 Å². The van der Waals surface area contributed by atoms with Gasteiger partial charge in [-0.25, -0.2) is 4.68 Å². The van der Waals surface area contributed by atoms with Crippen LogP contribution in [0, 0.1) is 12.8 Å². The van der Waals surface area contributed by atoms with Crippen molar-refractivity contribution in [3.63, 3.8) is 0 Å². The molecule has 2 heterocycles. The van der Waals surface area contributed by atoms with Gasteiger partial charge in [0.15, 0.2) is 5.82 Å². The van der Waals surface area contributed by atoms with Crippen molar-refractivity contribution in [1.82, 2.24) is 25.2 Å². The fourth-order valence-electron chi connectivity index (χ4n) is 3.09. The van der Waals surface area contributed by atoms with Crippen LogP contribution in [0.15, 0.2) is 39.5 Å². The van der Waals surface area contributed by atoms with Gasteiger partial charge in [0, 0.05) is 10.4 Å². The Balaban J connectivity index is 1.55. The van der Waals surface area contributed by atoms with E-state index in [9.17, 15) is 4.79 Å². The third-order valence-corrected chi connectivity index (χ3v) is 5.47. The van der Waals surface area contributed by atoms with Gasteiger partial charge in [-0.05, 0) is 49.9 Å². The van der Waals surface area contributed by atoms with Gasteiger partial charge in [0.2, 0.25) is 5.89 Å². The number of aromatic nitrogens is 4. The van der Waals surface area contributed by atoms with Gasteiger partial charge in [-0.3, -0.25) is 4.79 Å². The van der Waals surface area contributed by atoms with E-state index < -0.39 is 0 Å². The van der Waals surface area contributed by atoms with Gasteiger partial charge in [-0.2, -0.15) is 10.1 Å². The normalized spacial score (nSPS) is 15.0. The molecule has 4 rings (SSSR count). The Morgan fingerprint density at radius 3 is 2.64 bits per heavy atom. The zero-order valence-corrected chi connectivity index (χ0v) is 17.6. The lowest BCUT2D eigenvalue weighted by Crippen LogP contribution is -2.32. The molecule has 1 unspecified atom stereocenters. The van der Waals surface area contributed by atoms with Crippen LogP contribution in [0.25, 0.3) is 5.69 Å². The van der Waals surface area contributed by atoms with Crippen LogP contribution in [0.3, 0.4) is 0 Å². The highest BCUT2D eigenvalue weighted by molar-refractivity contribution is 9.10. The lowest BCUT2D eigenvalue weighted by atomic mass is 10.0. The van der Waals surface area contributed by atoms with Crippen LogP contribution in [0.4, 0.5) is 0 Å². The van der Waals surface area contributed by atoms with E-state index in [-0.39, 0.29) is 17.9 Å². The van der Waals surface area contributed by atoms with E-state index >= 15 is 0 Å². The molecule has 28 heavy (non-hydrogen) atoms. The number of carbonyl (C=O) groups excluding carboxylic acids is 1. The van der Waals surface area contributed by atoms with Crippen molar-refractivity contribution in [1.29, 1.82) is 0 Å². The molecule has 1 atom stereocenters. The van der Waals surface area contributed by atoms with Crippen molar-refractivity contribution in [3.05, 3.63) is 57.9 Å². The first kappa shape index (κ1) is 18.9. The molecule has 1 fully saturated rings. The second-order valence-corrected chi connectivity index (χ2v) is 8.41. The minimum atomic E-state index is -0.345. The average Bonchev–Trinajstić information content (AvgIpc) is 3.28. The minimum Gasteiger partial charge on any atom is -0.340 e. The van der Waals surface area contributed by atoms with Crippen LogP contribution >= 0.6 is 15.9 Å². The first-order chi connectivity index (χ1) is 13.4. The number of nitrogens with zero attached hydrogens (tertiary/aromatic N) is 4. The smallest absolute Gasteiger partial charge is 0.255 e. The topological polar surface area (TPSA) is 85.8 Å². The third-order valence-electron chi connectivity index (χ3n) is 4.94. The summed E-state index contributed by atoms with van der Waals surface area (Å²) in [6, 6.07) is 7.43. The molecule has 0 bridgehead atoms. The molecule has 0 radical (unpaired) electrons. The van der Waals surface area contributed by atoms with Gasteiger partial charge in [-0.1, -0.05) is 34.9 Å². The zero-order chi connectivity index (χ0) is 19.8. The molecule has 1 aromatic carbocycles. The number of hydrogen-bond acceptors (Lipinski definition) is 5. The lowest BCUT2D eigenvalue weighted by Gasteiger charge is -2.18. The minimum absolute atomic E-state index is 0.110. The van der Waals surface area contributed by atoms with Gasteiger partial charge in [0.25, 0.3) is 5.91 Å². The van der Waals surface area contributed by atoms with Crippen molar-refractivity contribution < 1.29 is 9.32 Å². The molecule has 0 saturated heterocycles. The molecule has 2 aromatic heterocycles. The molecule has 1 amide bonds. The van der Waals surface area contributed by atoms with Crippen molar-refractivity contribution in [2.24, 2.45) is 5.92 Å². The molecule has 0 aliphatic heterocycles. The first-order valence-electron chi connectivity index (χ1n) is 9.39. The Bertz CT molecular complexity index is 988. The number of benzene rings is 1. The summed E-state index contributed by atoms with van der Waals surface area (Å²) in [5.74, 6) is 1.52. The van der Waals surface area contributed by atoms with Crippen molar-refractivity contribution >= 4 is 21.8 Å². The molecule has 1 N–H and O–H groups in total. The van der Waals surface area contributed by atoms with Gasteiger partial charge >= 0.3 is 0 Å². The standard InChI is InChI=1S/C20H22BrN5O2/c1-11(2)17(20-24-18(25-28-20)13-4-5-13)23-19(27)16-10-22-26(12(16)3)15-8-6-14(21)7-9-15/h6-11,13,17H,4-5H2,1-3H3,(H,23,27). The van der Waals surface area contributed by atoms with Crippen LogP contribution in [0.5, 0.6) is 0 Å². The molecule has 8 heteroatoms. The Labute approximate surface area is 171 Å². The summed E-state index contributed by atoms with van der Waals surface area (Å²) in [4.78, 5) is 17.4. The maximum absolute atomic E-state index is 12.9. The Hall–Kier alpha value is -2.48. The van der Waals surface area contributed by atoms with E-state index in [1.54, 1.807) is 10.9 Å². The van der Waals surface area contributed by atoms with Gasteiger partial charge in [-0.15, -0.1) is 0 Å². The van der Waals surface area contributed by atoms with Crippen LogP contribution in [0.1, 0.15) is 66.4 Å². The number of halogens is 1. The van der Waals surface area contributed by atoms with Crippen molar-refractivity contribution in [3.8, 4) is 5.69 Å². The fourth-order valence-corrected chi connectivity index (χ4v) is 3.35. The first-order valence-corrected chi connectivity index (χ1v) is 10.2. The Kier molecular flexibility index (Phi) is 5.05. The SMILES string of the molecule is Cc1c(C(=O)NC(c2nc(C3CC3)no2)C(C)C)cnn1-c1ccc(Br)cc1. The lowest BCUT2D eigenvalue weighted by molar-refractivity contribution is 0.0913. The van der Waals surface area contributed by atoms with Crippen LogP contribution in [-0.4, -0.2) is 25.8 Å². The second-order valence-electron chi connectivity index (χ2n) is 7.49. The number of nitrogens with one attached hydrogen (secondary N) is 1. The van der Waals surface area contributed by atoms with Crippen LogP contribution < -0.4 is 5.32 Å². The fraction of sp³-hybridized carbons (Fsp3) is 0.400. The largest absolute Gasteiger partial charge is 0.340 e. The van der Waals surface area contributed by atoms with Crippen LogP contribution in [0.2, 0.25) is 0 Å². The summed E-state index contributed by atoms with van der Waals surface area (Å²) in [5, 5.41) is 11.5. The maximum atomic E-state index is 12.9. The van der Waals surface area contributed by atoms with Crippen molar-refractivity contribution in [2.45, 2.75) is 45.6 Å². The summed E-state index contributed by atoms with van der Waals surface area (Å²) in [5.41, 5.74) is 2.19. The molecule has 7 nitrogen and oxygen atoms in total. The summed E-state index contributed by atoms with van der Waals surface area (Å²) >= 11 is 3.43. The zero-order valence-electron chi connectivity index (χ0n) is 16.0. The highest BCUT2D eigenvalue weighted by Crippen LogP contribution is 2.38. The number of amides is 1. The molecular formula is C20H22BrN5O2.